The van der Waals surface area contributed by atoms with E-state index in [2.05, 4.69) is 0 Å². The van der Waals surface area contributed by atoms with E-state index < -0.39 is 0 Å². The van der Waals surface area contributed by atoms with E-state index in [4.69, 9.17) is 0 Å². The normalized spacial score (nSPS) is 0. The molecular formula is H3GaNdVZr. The minimum absolute atomic E-state index is 0. The Hall–Kier alpha value is 3.45. The third-order valence-electron chi connectivity index (χ3n) is 0. The molecule has 1 radical (unpaired) electrons. The van der Waals surface area contributed by atoms with Crippen molar-refractivity contribution in [2.45, 2.75) is 0 Å². The van der Waals surface area contributed by atoms with Crippen molar-refractivity contribution >= 4 is 19.8 Å². The molecule has 4 heavy (non-hydrogen) atoms. The fraction of sp³-hybridized carbons (Fsp3) is 0. The molecule has 0 unspecified atom stereocenters. The fourth-order valence-corrected chi connectivity index (χ4v) is 0. The summed E-state index contributed by atoms with van der Waals surface area (Å²) in [7, 11) is 0. The van der Waals surface area contributed by atoms with E-state index in [1.165, 1.54) is 0 Å². The van der Waals surface area contributed by atoms with Gasteiger partial charge in [0.2, 0.25) is 0 Å². The van der Waals surface area contributed by atoms with Crippen LogP contribution in [0.1, 0.15) is 0 Å². The molecule has 0 atom stereocenters. The minimum atomic E-state index is 0. The van der Waals surface area contributed by atoms with Crippen LogP contribution in [0.25, 0.3) is 0 Å². The summed E-state index contributed by atoms with van der Waals surface area (Å²) < 4.78 is 0. The molecule has 0 aliphatic heterocycles. The topological polar surface area (TPSA) is 0 Å². The van der Waals surface area contributed by atoms with Crippen molar-refractivity contribution in [3.05, 3.63) is 0 Å². The number of rotatable bonds is 0. The van der Waals surface area contributed by atoms with Crippen molar-refractivity contribution in [3.63, 3.8) is 0 Å². The van der Waals surface area contributed by atoms with Crippen LogP contribution in [-0.2, 0) is 44.8 Å². The maximum Gasteiger partial charge on any atom is 0 e. The maximum atomic E-state index is 0. The predicted octanol–water partition coefficient (Wildman–Crippen LogP) is -1.19. The second-order valence-corrected chi connectivity index (χ2v) is 0. The molecular weight excluding hydrogens is 356 g/mol. The summed E-state index contributed by atoms with van der Waals surface area (Å²) in [6, 6.07) is 0. The fourth-order valence-electron chi connectivity index (χ4n) is 0. The molecule has 0 amide bonds. The van der Waals surface area contributed by atoms with E-state index in [0.29, 0.717) is 0 Å². The van der Waals surface area contributed by atoms with E-state index >= 15 is 0 Å². The van der Waals surface area contributed by atoms with Crippen molar-refractivity contribution in [1.82, 2.24) is 0 Å². The Labute approximate surface area is 103 Å². The van der Waals surface area contributed by atoms with Crippen molar-refractivity contribution < 1.29 is 85.6 Å². The second kappa shape index (κ2) is 16.1. The third kappa shape index (κ3) is 9.07. The van der Waals surface area contributed by atoms with Crippen molar-refractivity contribution in [1.29, 1.82) is 0 Å². The van der Waals surface area contributed by atoms with Gasteiger partial charge < -0.3 is 0 Å². The Balaban J connectivity index is 0. The van der Waals surface area contributed by atoms with Gasteiger partial charge in [-0.1, -0.05) is 0 Å². The first-order valence-corrected chi connectivity index (χ1v) is 0. The maximum absolute atomic E-state index is 0. The molecule has 0 aromatic heterocycles. The van der Waals surface area contributed by atoms with Crippen molar-refractivity contribution in [2.75, 3.05) is 0 Å². The quantitative estimate of drug-likeness (QED) is 0.478. The summed E-state index contributed by atoms with van der Waals surface area (Å²) >= 11 is 0. The van der Waals surface area contributed by atoms with Gasteiger partial charge in [0, 0.05) is 85.6 Å². The summed E-state index contributed by atoms with van der Waals surface area (Å²) in [5.41, 5.74) is 0. The van der Waals surface area contributed by atoms with Crippen molar-refractivity contribution in [2.24, 2.45) is 0 Å². The zero-order chi connectivity index (χ0) is 0. The van der Waals surface area contributed by atoms with Gasteiger partial charge in [0.15, 0.2) is 0 Å². The predicted molar refractivity (Wildman–Crippen MR) is 9.94 cm³/mol. The number of hydrogen-bond donors (Lipinski definition) is 0. The van der Waals surface area contributed by atoms with E-state index in [9.17, 15) is 0 Å². The zero-order valence-corrected chi connectivity index (χ0v) is 8.51. The first-order chi connectivity index (χ1) is 0. The van der Waals surface area contributed by atoms with Crippen LogP contribution < -0.4 is 0 Å². The third-order valence-corrected chi connectivity index (χ3v) is 0. The van der Waals surface area contributed by atoms with Gasteiger partial charge in [0.25, 0.3) is 0 Å². The molecule has 0 aliphatic carbocycles. The van der Waals surface area contributed by atoms with E-state index in [1.807, 2.05) is 0 Å². The van der Waals surface area contributed by atoms with Gasteiger partial charge in [-0.2, -0.15) is 0 Å². The summed E-state index contributed by atoms with van der Waals surface area (Å²) in [5, 5.41) is 0. The van der Waals surface area contributed by atoms with Crippen LogP contribution in [0.5, 0.6) is 0 Å². The molecule has 0 nitrogen and oxygen atoms in total. The average Bonchev–Trinajstić information content (AvgIpc) is 0. The second-order valence-electron chi connectivity index (χ2n) is 0. The Kier molecular flexibility index (Phi) is 105. The monoisotopic (exact) mass is 355 g/mol. The molecule has 0 aromatic carbocycles. The van der Waals surface area contributed by atoms with Crippen LogP contribution in [0.2, 0.25) is 0 Å². The molecule has 0 bridgehead atoms. The van der Waals surface area contributed by atoms with Gasteiger partial charge in [-0.05, 0) is 0 Å². The standard InChI is InChI=1S/Ga.Nd.V.Zr.3H. The van der Waals surface area contributed by atoms with Crippen LogP contribution in [0.4, 0.5) is 0 Å². The molecule has 0 aromatic rings. The molecule has 0 spiro atoms. The SMILES string of the molecule is [GaH3].[Nd].[V].[Zr]. The van der Waals surface area contributed by atoms with Crippen molar-refractivity contribution in [3.8, 4) is 0 Å². The van der Waals surface area contributed by atoms with Crippen LogP contribution in [-0.4, -0.2) is 19.8 Å². The first kappa shape index (κ1) is 26.0. The Bertz CT molecular complexity index is 8.00. The Morgan fingerprint density at radius 3 is 1.00 bits per heavy atom. The molecule has 0 heterocycles. The van der Waals surface area contributed by atoms with Crippen LogP contribution in [0.15, 0.2) is 0 Å². The smallest absolute Gasteiger partial charge is 0 e. The molecule has 0 saturated heterocycles. The Morgan fingerprint density at radius 2 is 1.00 bits per heavy atom. The summed E-state index contributed by atoms with van der Waals surface area (Å²) in [6.07, 6.45) is 0. The zero-order valence-electron chi connectivity index (χ0n) is 1.45. The van der Waals surface area contributed by atoms with Crippen LogP contribution in [0, 0.1) is 40.8 Å². The van der Waals surface area contributed by atoms with Gasteiger partial charge >= 0.3 is 19.8 Å². The molecule has 0 fully saturated rings. The molecule has 0 rings (SSSR count). The summed E-state index contributed by atoms with van der Waals surface area (Å²) in [6.45, 7) is 0. The van der Waals surface area contributed by atoms with Crippen LogP contribution in [0.3, 0.4) is 0 Å². The first-order valence-electron chi connectivity index (χ1n) is 0. The van der Waals surface area contributed by atoms with E-state index in [1.54, 1.807) is 0 Å². The molecule has 0 aliphatic rings. The summed E-state index contributed by atoms with van der Waals surface area (Å²) in [5.74, 6) is 0. The number of hydrogen-bond acceptors (Lipinski definition) is 0. The molecule has 4 heteroatoms. The van der Waals surface area contributed by atoms with Gasteiger partial charge in [-0.15, -0.1) is 0 Å². The van der Waals surface area contributed by atoms with Gasteiger partial charge in [0.05, 0.1) is 0 Å². The molecule has 0 N–H and O–H groups in total. The minimum Gasteiger partial charge on any atom is 0 e. The van der Waals surface area contributed by atoms with E-state index in [0.717, 1.165) is 0 Å². The Morgan fingerprint density at radius 1 is 1.00 bits per heavy atom. The van der Waals surface area contributed by atoms with Gasteiger partial charge in [-0.3, -0.25) is 0 Å². The summed E-state index contributed by atoms with van der Waals surface area (Å²) in [4.78, 5) is 0. The molecule has 19 valence electrons. The van der Waals surface area contributed by atoms with Gasteiger partial charge in [0.1, 0.15) is 0 Å². The van der Waals surface area contributed by atoms with Gasteiger partial charge in [-0.25, -0.2) is 0 Å². The van der Waals surface area contributed by atoms with E-state index in [-0.39, 0.29) is 105 Å². The largest absolute Gasteiger partial charge is 0 e. The average molecular weight is 359 g/mol. The molecule has 0 saturated carbocycles. The van der Waals surface area contributed by atoms with Crippen LogP contribution >= 0.6 is 0 Å².